The molecule has 0 aliphatic carbocycles. The van der Waals surface area contributed by atoms with Crippen molar-refractivity contribution in [3.05, 3.63) is 63.9 Å². The van der Waals surface area contributed by atoms with Gasteiger partial charge in [-0.3, -0.25) is 0 Å². The van der Waals surface area contributed by atoms with Crippen molar-refractivity contribution in [2.24, 2.45) is 5.73 Å². The minimum atomic E-state index is -0.421. The van der Waals surface area contributed by atoms with Gasteiger partial charge in [0.1, 0.15) is 10.8 Å². The van der Waals surface area contributed by atoms with Crippen molar-refractivity contribution in [2.75, 3.05) is 5.32 Å². The normalized spacial score (nSPS) is 10.3. The van der Waals surface area contributed by atoms with Gasteiger partial charge < -0.3 is 11.1 Å². The molecule has 2 rings (SSSR count). The fraction of sp³-hybridized carbons (Fsp3) is 0.133. The Bertz CT molecular complexity index is 658. The van der Waals surface area contributed by atoms with Gasteiger partial charge in [0.2, 0.25) is 0 Å². The average molecular weight is 309 g/mol. The Labute approximate surface area is 127 Å². The number of halogens is 2. The largest absolute Gasteiger partial charge is 0.389 e. The van der Waals surface area contributed by atoms with E-state index in [0.717, 1.165) is 22.4 Å². The summed E-state index contributed by atoms with van der Waals surface area (Å²) in [6.45, 7) is 2.50. The first-order valence-electron chi connectivity index (χ1n) is 6.05. The van der Waals surface area contributed by atoms with Gasteiger partial charge in [0.15, 0.2) is 0 Å². The van der Waals surface area contributed by atoms with E-state index >= 15 is 0 Å². The van der Waals surface area contributed by atoms with Crippen LogP contribution >= 0.6 is 23.8 Å². The zero-order chi connectivity index (χ0) is 14.7. The Morgan fingerprint density at radius 3 is 2.70 bits per heavy atom. The number of aryl methyl sites for hydroxylation is 1. The topological polar surface area (TPSA) is 38.0 Å². The molecule has 104 valence electrons. The molecular weight excluding hydrogens is 295 g/mol. The van der Waals surface area contributed by atoms with E-state index in [4.69, 9.17) is 29.6 Å². The highest BCUT2D eigenvalue weighted by Crippen LogP contribution is 2.20. The Balaban J connectivity index is 2.20. The molecule has 0 unspecified atom stereocenters. The van der Waals surface area contributed by atoms with Gasteiger partial charge in [0.05, 0.1) is 5.02 Å². The molecule has 0 aliphatic rings. The number of rotatable bonds is 4. The lowest BCUT2D eigenvalue weighted by atomic mass is 10.1. The monoisotopic (exact) mass is 308 g/mol. The number of hydrogen-bond donors (Lipinski definition) is 2. The summed E-state index contributed by atoms with van der Waals surface area (Å²) in [7, 11) is 0. The van der Waals surface area contributed by atoms with Gasteiger partial charge in [-0.1, -0.05) is 36.0 Å². The minimum Gasteiger partial charge on any atom is -0.389 e. The van der Waals surface area contributed by atoms with E-state index in [-0.39, 0.29) is 5.02 Å². The molecule has 0 spiro atoms. The molecule has 0 bridgehead atoms. The van der Waals surface area contributed by atoms with Gasteiger partial charge in [-0.25, -0.2) is 4.39 Å². The first-order chi connectivity index (χ1) is 9.47. The molecule has 3 N–H and O–H groups in total. The van der Waals surface area contributed by atoms with Crippen LogP contribution in [-0.2, 0) is 6.54 Å². The van der Waals surface area contributed by atoms with Gasteiger partial charge in [0.25, 0.3) is 0 Å². The third-order valence-electron chi connectivity index (χ3n) is 2.91. The lowest BCUT2D eigenvalue weighted by molar-refractivity contribution is 0.627. The molecule has 5 heteroatoms. The van der Waals surface area contributed by atoms with Crippen LogP contribution in [0, 0.1) is 12.7 Å². The van der Waals surface area contributed by atoms with Crippen molar-refractivity contribution in [3.63, 3.8) is 0 Å². The molecule has 0 atom stereocenters. The zero-order valence-corrected chi connectivity index (χ0v) is 12.5. The van der Waals surface area contributed by atoms with Crippen LogP contribution in [0.3, 0.4) is 0 Å². The summed E-state index contributed by atoms with van der Waals surface area (Å²) in [5.74, 6) is -0.421. The van der Waals surface area contributed by atoms with Crippen molar-refractivity contribution in [1.82, 2.24) is 0 Å². The van der Waals surface area contributed by atoms with Crippen LogP contribution in [0.4, 0.5) is 10.1 Å². The van der Waals surface area contributed by atoms with Gasteiger partial charge >= 0.3 is 0 Å². The predicted octanol–water partition coefficient (Wildman–Crippen LogP) is 4.03. The molecule has 0 fully saturated rings. The van der Waals surface area contributed by atoms with Gasteiger partial charge in [-0.2, -0.15) is 0 Å². The van der Waals surface area contributed by atoms with E-state index in [0.29, 0.717) is 11.5 Å². The Morgan fingerprint density at radius 2 is 2.05 bits per heavy atom. The molecule has 2 aromatic carbocycles. The first-order valence-corrected chi connectivity index (χ1v) is 6.84. The highest BCUT2D eigenvalue weighted by molar-refractivity contribution is 7.80. The number of nitrogens with two attached hydrogens (primary N) is 1. The SMILES string of the molecule is Cc1ccc(C(N)=S)c(NCc2ccc(F)c(Cl)c2)c1. The van der Waals surface area contributed by atoms with Crippen molar-refractivity contribution in [1.29, 1.82) is 0 Å². The lowest BCUT2D eigenvalue weighted by Gasteiger charge is -2.12. The third kappa shape index (κ3) is 3.46. The molecule has 0 saturated heterocycles. The number of benzene rings is 2. The highest BCUT2D eigenvalue weighted by Gasteiger charge is 2.06. The van der Waals surface area contributed by atoms with Gasteiger partial charge in [0, 0.05) is 17.8 Å². The van der Waals surface area contributed by atoms with Crippen LogP contribution in [0.5, 0.6) is 0 Å². The van der Waals surface area contributed by atoms with Gasteiger partial charge in [-0.05, 0) is 42.3 Å². The molecular formula is C15H14ClFN2S. The Hall–Kier alpha value is -1.65. The average Bonchev–Trinajstić information content (AvgIpc) is 2.40. The molecule has 2 nitrogen and oxygen atoms in total. The maximum Gasteiger partial charge on any atom is 0.141 e. The van der Waals surface area contributed by atoms with Crippen LogP contribution in [0.1, 0.15) is 16.7 Å². The van der Waals surface area contributed by atoms with E-state index < -0.39 is 5.82 Å². The van der Waals surface area contributed by atoms with E-state index in [1.807, 2.05) is 25.1 Å². The summed E-state index contributed by atoms with van der Waals surface area (Å²) < 4.78 is 13.1. The minimum absolute atomic E-state index is 0.114. The summed E-state index contributed by atoms with van der Waals surface area (Å²) in [5.41, 5.74) is 9.33. The smallest absolute Gasteiger partial charge is 0.141 e. The van der Waals surface area contributed by atoms with Crippen LogP contribution in [-0.4, -0.2) is 4.99 Å². The maximum absolute atomic E-state index is 13.1. The summed E-state index contributed by atoms with van der Waals surface area (Å²) in [6, 6.07) is 10.4. The Morgan fingerprint density at radius 1 is 1.30 bits per heavy atom. The van der Waals surface area contributed by atoms with Crippen LogP contribution in [0.25, 0.3) is 0 Å². The van der Waals surface area contributed by atoms with Crippen molar-refractivity contribution >= 4 is 34.5 Å². The van der Waals surface area contributed by atoms with Gasteiger partial charge in [-0.15, -0.1) is 0 Å². The van der Waals surface area contributed by atoms with Crippen molar-refractivity contribution in [3.8, 4) is 0 Å². The maximum atomic E-state index is 13.1. The molecule has 0 aliphatic heterocycles. The van der Waals surface area contributed by atoms with E-state index in [2.05, 4.69) is 5.32 Å². The number of thiocarbonyl (C=S) groups is 1. The van der Waals surface area contributed by atoms with Crippen LogP contribution in [0.2, 0.25) is 5.02 Å². The molecule has 20 heavy (non-hydrogen) atoms. The van der Waals surface area contributed by atoms with E-state index in [1.165, 1.54) is 6.07 Å². The standard InChI is InChI=1S/C15H14ClFN2S/c1-9-2-4-11(15(18)20)14(6-9)19-8-10-3-5-13(17)12(16)7-10/h2-7,19H,8H2,1H3,(H2,18,20). The second-order valence-electron chi connectivity index (χ2n) is 4.52. The third-order valence-corrected chi connectivity index (χ3v) is 3.42. The summed E-state index contributed by atoms with van der Waals surface area (Å²) in [4.78, 5) is 0.338. The molecule has 0 aromatic heterocycles. The summed E-state index contributed by atoms with van der Waals surface area (Å²) >= 11 is 10.8. The zero-order valence-electron chi connectivity index (χ0n) is 10.9. The summed E-state index contributed by atoms with van der Waals surface area (Å²) in [5, 5.41) is 3.36. The van der Waals surface area contributed by atoms with Crippen molar-refractivity contribution in [2.45, 2.75) is 13.5 Å². The van der Waals surface area contributed by atoms with Crippen LogP contribution in [0.15, 0.2) is 36.4 Å². The molecule has 0 heterocycles. The Kier molecular flexibility index (Phi) is 4.57. The molecule has 2 aromatic rings. The quantitative estimate of drug-likeness (QED) is 0.837. The first kappa shape index (κ1) is 14.8. The number of hydrogen-bond acceptors (Lipinski definition) is 2. The van der Waals surface area contributed by atoms with E-state index in [1.54, 1.807) is 12.1 Å². The lowest BCUT2D eigenvalue weighted by Crippen LogP contribution is -2.13. The summed E-state index contributed by atoms with van der Waals surface area (Å²) in [6.07, 6.45) is 0. The van der Waals surface area contributed by atoms with Crippen molar-refractivity contribution < 1.29 is 4.39 Å². The fourth-order valence-electron chi connectivity index (χ4n) is 1.87. The highest BCUT2D eigenvalue weighted by atomic mass is 35.5. The molecule has 0 radical (unpaired) electrons. The second-order valence-corrected chi connectivity index (χ2v) is 5.36. The number of anilines is 1. The number of nitrogens with one attached hydrogen (secondary N) is 1. The second kappa shape index (κ2) is 6.20. The predicted molar refractivity (Wildman–Crippen MR) is 85.8 cm³/mol. The van der Waals surface area contributed by atoms with Crippen LogP contribution < -0.4 is 11.1 Å². The molecule has 0 saturated carbocycles. The fourth-order valence-corrected chi connectivity index (χ4v) is 2.25. The van der Waals surface area contributed by atoms with E-state index in [9.17, 15) is 4.39 Å². The molecule has 0 amide bonds.